The van der Waals surface area contributed by atoms with Crippen molar-refractivity contribution in [2.45, 2.75) is 51.1 Å². The Balaban J connectivity index is 1.69. The highest BCUT2D eigenvalue weighted by atomic mass is 16.5. The van der Waals surface area contributed by atoms with Crippen LogP contribution in [0.25, 0.3) is 0 Å². The molecule has 21 heavy (non-hydrogen) atoms. The quantitative estimate of drug-likeness (QED) is 0.850. The number of carbonyl (C=O) groups excluding carboxylic acids is 1. The van der Waals surface area contributed by atoms with Crippen LogP contribution in [0.2, 0.25) is 0 Å². The average molecular weight is 285 g/mol. The number of carbonyl (C=O) groups is 1. The van der Waals surface area contributed by atoms with E-state index in [0.29, 0.717) is 17.9 Å². The molecular weight excluding hydrogens is 262 g/mol. The maximum atomic E-state index is 13.0. The summed E-state index contributed by atoms with van der Waals surface area (Å²) in [6.07, 6.45) is 5.63. The second kappa shape index (κ2) is 4.49. The molecule has 1 amide bonds. The van der Waals surface area contributed by atoms with Crippen LogP contribution in [0.1, 0.15) is 50.6 Å². The second-order valence-electron chi connectivity index (χ2n) is 7.01. The molecule has 1 aromatic rings. The summed E-state index contributed by atoms with van der Waals surface area (Å²) in [5.74, 6) is 2.03. The third kappa shape index (κ3) is 1.90. The maximum Gasteiger partial charge on any atom is 0.229 e. The molecule has 0 aromatic heterocycles. The first-order valence-electron chi connectivity index (χ1n) is 8.13. The summed E-state index contributed by atoms with van der Waals surface area (Å²) in [4.78, 5) is 15.2. The number of nitrogens with zero attached hydrogens (tertiary/aromatic N) is 1. The lowest BCUT2D eigenvalue weighted by Crippen LogP contribution is -2.46. The number of amides is 1. The van der Waals surface area contributed by atoms with Gasteiger partial charge in [0.25, 0.3) is 0 Å². The van der Waals surface area contributed by atoms with Gasteiger partial charge >= 0.3 is 0 Å². The third-order valence-corrected chi connectivity index (χ3v) is 5.75. The fraction of sp³-hybridized carbons (Fsp3) is 0.611. The molecule has 0 radical (unpaired) electrons. The molecule has 1 aliphatic heterocycles. The van der Waals surface area contributed by atoms with Gasteiger partial charge in [-0.2, -0.15) is 0 Å². The lowest BCUT2D eigenvalue weighted by Gasteiger charge is -2.42. The van der Waals surface area contributed by atoms with Crippen molar-refractivity contribution in [2.75, 3.05) is 7.11 Å². The Morgan fingerprint density at radius 2 is 2.00 bits per heavy atom. The van der Waals surface area contributed by atoms with E-state index in [9.17, 15) is 4.79 Å². The first kappa shape index (κ1) is 13.2. The Hall–Kier alpha value is -1.51. The minimum absolute atomic E-state index is 0.0614. The van der Waals surface area contributed by atoms with Crippen molar-refractivity contribution < 1.29 is 9.53 Å². The predicted octanol–water partition coefficient (Wildman–Crippen LogP) is 3.55. The number of fused-ring (bicyclic) bond motifs is 1. The highest BCUT2D eigenvalue weighted by molar-refractivity contribution is 5.90. The zero-order valence-corrected chi connectivity index (χ0v) is 12.8. The van der Waals surface area contributed by atoms with Gasteiger partial charge in [0.15, 0.2) is 0 Å². The molecule has 1 saturated heterocycles. The molecular formula is C18H23NO2. The van der Waals surface area contributed by atoms with E-state index in [4.69, 9.17) is 4.74 Å². The number of ether oxygens (including phenoxy) is 1. The number of likely N-dealkylation sites (tertiary alicyclic amines) is 1. The molecule has 1 aromatic carbocycles. The summed E-state index contributed by atoms with van der Waals surface area (Å²) >= 11 is 0. The summed E-state index contributed by atoms with van der Waals surface area (Å²) < 4.78 is 5.54. The van der Waals surface area contributed by atoms with Gasteiger partial charge in [-0.1, -0.05) is 18.2 Å². The molecule has 2 saturated carbocycles. The highest BCUT2D eigenvalue weighted by Crippen LogP contribution is 2.76. The van der Waals surface area contributed by atoms with Gasteiger partial charge in [0.05, 0.1) is 18.6 Å². The Kier molecular flexibility index (Phi) is 2.82. The largest absolute Gasteiger partial charge is 0.496 e. The molecule has 3 aliphatic rings. The molecule has 0 spiro atoms. The van der Waals surface area contributed by atoms with E-state index in [1.54, 1.807) is 7.11 Å². The molecule has 2 atom stereocenters. The molecule has 0 bridgehead atoms. The molecule has 2 aliphatic carbocycles. The average Bonchev–Trinajstić information content (AvgIpc) is 3.36. The van der Waals surface area contributed by atoms with Gasteiger partial charge in [-0.3, -0.25) is 4.79 Å². The van der Waals surface area contributed by atoms with Gasteiger partial charge in [-0.05, 0) is 51.0 Å². The normalized spacial score (nSPS) is 36.9. The molecule has 0 N–H and O–H groups in total. The van der Waals surface area contributed by atoms with E-state index < -0.39 is 0 Å². The summed E-state index contributed by atoms with van der Waals surface area (Å²) in [5.41, 5.74) is 1.24. The number of piperidine rings is 1. The van der Waals surface area contributed by atoms with Crippen LogP contribution in [0.3, 0.4) is 0 Å². The Bertz CT molecular complexity index is 576. The number of hydrogen-bond donors (Lipinski definition) is 0. The van der Waals surface area contributed by atoms with Gasteiger partial charge in [0.1, 0.15) is 5.75 Å². The minimum Gasteiger partial charge on any atom is -0.496 e. The number of benzene rings is 1. The zero-order chi connectivity index (χ0) is 14.6. The van der Waals surface area contributed by atoms with Gasteiger partial charge in [0.2, 0.25) is 5.91 Å². The fourth-order valence-corrected chi connectivity index (χ4v) is 4.09. The molecule has 0 unspecified atom stereocenters. The van der Waals surface area contributed by atoms with Crippen LogP contribution in [-0.2, 0) is 4.79 Å². The lowest BCUT2D eigenvalue weighted by molar-refractivity contribution is -0.141. The molecule has 4 rings (SSSR count). The van der Waals surface area contributed by atoms with E-state index in [2.05, 4.69) is 24.0 Å². The summed E-state index contributed by atoms with van der Waals surface area (Å²) in [6, 6.07) is 8.71. The van der Waals surface area contributed by atoms with Gasteiger partial charge in [-0.25, -0.2) is 0 Å². The second-order valence-corrected chi connectivity index (χ2v) is 7.01. The van der Waals surface area contributed by atoms with Crippen LogP contribution < -0.4 is 4.74 Å². The van der Waals surface area contributed by atoms with Crippen LogP contribution >= 0.6 is 0 Å². The van der Waals surface area contributed by atoms with Crippen molar-refractivity contribution in [3.05, 3.63) is 29.8 Å². The van der Waals surface area contributed by atoms with Crippen molar-refractivity contribution >= 4 is 5.91 Å². The predicted molar refractivity (Wildman–Crippen MR) is 81.1 cm³/mol. The van der Waals surface area contributed by atoms with Crippen LogP contribution in [0, 0.1) is 11.3 Å². The number of hydrogen-bond acceptors (Lipinski definition) is 2. The van der Waals surface area contributed by atoms with Gasteiger partial charge in [0, 0.05) is 11.6 Å². The van der Waals surface area contributed by atoms with E-state index >= 15 is 0 Å². The summed E-state index contributed by atoms with van der Waals surface area (Å²) in [6.45, 7) is 2.20. The van der Waals surface area contributed by atoms with E-state index in [1.807, 2.05) is 12.1 Å². The van der Waals surface area contributed by atoms with Gasteiger partial charge in [-0.15, -0.1) is 0 Å². The molecule has 3 heteroatoms. The molecule has 1 heterocycles. The smallest absolute Gasteiger partial charge is 0.229 e. The highest BCUT2D eigenvalue weighted by Gasteiger charge is 2.75. The van der Waals surface area contributed by atoms with E-state index in [1.165, 1.54) is 12.0 Å². The Morgan fingerprint density at radius 1 is 1.29 bits per heavy atom. The third-order valence-electron chi connectivity index (χ3n) is 5.75. The van der Waals surface area contributed by atoms with Crippen molar-refractivity contribution in [1.82, 2.24) is 4.90 Å². The van der Waals surface area contributed by atoms with Crippen molar-refractivity contribution in [2.24, 2.45) is 11.3 Å². The Morgan fingerprint density at radius 3 is 2.67 bits per heavy atom. The minimum atomic E-state index is 0.0614. The Labute approximate surface area is 126 Å². The van der Waals surface area contributed by atoms with Crippen LogP contribution in [0.4, 0.5) is 0 Å². The van der Waals surface area contributed by atoms with E-state index in [0.717, 1.165) is 31.4 Å². The summed E-state index contributed by atoms with van der Waals surface area (Å²) in [7, 11) is 1.72. The zero-order valence-electron chi connectivity index (χ0n) is 12.8. The van der Waals surface area contributed by atoms with Crippen molar-refractivity contribution in [3.8, 4) is 5.75 Å². The van der Waals surface area contributed by atoms with Gasteiger partial charge < -0.3 is 9.64 Å². The van der Waals surface area contributed by atoms with Crippen LogP contribution in [0.5, 0.6) is 5.75 Å². The maximum absolute atomic E-state index is 13.0. The lowest BCUT2D eigenvalue weighted by atomic mass is 9.89. The first-order chi connectivity index (χ1) is 10.2. The monoisotopic (exact) mass is 285 g/mol. The summed E-state index contributed by atoms with van der Waals surface area (Å²) in [5, 5.41) is 0. The first-order valence-corrected chi connectivity index (χ1v) is 8.13. The van der Waals surface area contributed by atoms with Crippen molar-refractivity contribution in [3.63, 3.8) is 0 Å². The van der Waals surface area contributed by atoms with E-state index in [-0.39, 0.29) is 11.5 Å². The molecule has 3 fully saturated rings. The molecule has 3 nitrogen and oxygen atoms in total. The molecule has 112 valence electrons. The fourth-order valence-electron chi connectivity index (χ4n) is 4.09. The SMILES string of the molecule is COc1ccccc1[C@@H]1CCC[C@H](C)N1C(=O)C12CC1C2. The standard InChI is InChI=1S/C18H23NO2/c1-12-6-5-8-15(14-7-3-4-9-16(14)21-2)19(12)17(20)18-10-13(18)11-18/h3-4,7,9,12-13,15H,5-6,8,10-11H2,1-2H3/t12-,13?,15-,18?/m0/s1. The van der Waals surface area contributed by atoms with Crippen LogP contribution in [-0.4, -0.2) is 24.0 Å². The number of methoxy groups -OCH3 is 1. The number of para-hydroxylation sites is 1. The van der Waals surface area contributed by atoms with Crippen LogP contribution in [0.15, 0.2) is 24.3 Å². The topological polar surface area (TPSA) is 29.5 Å². The van der Waals surface area contributed by atoms with Crippen molar-refractivity contribution in [1.29, 1.82) is 0 Å². The number of rotatable bonds is 3.